The molecule has 7 nitrogen and oxygen atoms in total. The minimum Gasteiger partial charge on any atom is -0.352 e. The molecule has 1 saturated heterocycles. The summed E-state index contributed by atoms with van der Waals surface area (Å²) in [6.07, 6.45) is 5.25. The fourth-order valence-corrected chi connectivity index (χ4v) is 3.17. The van der Waals surface area contributed by atoms with Crippen molar-refractivity contribution in [3.63, 3.8) is 0 Å². The second kappa shape index (κ2) is 7.83. The molecule has 3 amide bonds. The quantitative estimate of drug-likeness (QED) is 0.859. The highest BCUT2D eigenvalue weighted by molar-refractivity contribution is 5.80. The van der Waals surface area contributed by atoms with Crippen LogP contribution < -0.4 is 11.1 Å². The topological polar surface area (TPSA) is 93.3 Å². The van der Waals surface area contributed by atoms with Crippen LogP contribution in [0.4, 0.5) is 4.79 Å². The first-order chi connectivity index (χ1) is 12.1. The fourth-order valence-electron chi connectivity index (χ4n) is 3.17. The fraction of sp³-hybridized carbons (Fsp3) is 0.389. The Bertz CT molecular complexity index is 729. The molecule has 0 bridgehead atoms. The Balaban J connectivity index is 1.59. The van der Waals surface area contributed by atoms with Crippen LogP contribution in [0.3, 0.4) is 0 Å². The van der Waals surface area contributed by atoms with Gasteiger partial charge in [-0.25, -0.2) is 4.79 Å². The Hall–Kier alpha value is -2.83. The van der Waals surface area contributed by atoms with E-state index in [1.54, 1.807) is 11.1 Å². The molecule has 25 heavy (non-hydrogen) atoms. The zero-order chi connectivity index (χ0) is 17.6. The van der Waals surface area contributed by atoms with Gasteiger partial charge in [0.15, 0.2) is 0 Å². The van der Waals surface area contributed by atoms with Crippen LogP contribution in [0.1, 0.15) is 24.0 Å². The van der Waals surface area contributed by atoms with Crippen LogP contribution in [-0.2, 0) is 17.9 Å². The summed E-state index contributed by atoms with van der Waals surface area (Å²) in [5, 5.41) is 7.23. The number of nitrogens with two attached hydrogens (primary N) is 1. The largest absolute Gasteiger partial charge is 0.352 e. The first-order valence-corrected chi connectivity index (χ1v) is 8.50. The number of hydrogen-bond acceptors (Lipinski definition) is 3. The van der Waals surface area contributed by atoms with Crippen LogP contribution in [0.2, 0.25) is 0 Å². The van der Waals surface area contributed by atoms with Gasteiger partial charge in [-0.3, -0.25) is 9.48 Å². The molecule has 0 spiro atoms. The van der Waals surface area contributed by atoms with Gasteiger partial charge in [-0.15, -0.1) is 0 Å². The first-order valence-electron chi connectivity index (χ1n) is 8.50. The van der Waals surface area contributed by atoms with E-state index in [1.165, 1.54) is 0 Å². The molecule has 0 radical (unpaired) electrons. The molecular formula is C18H23N5O2. The van der Waals surface area contributed by atoms with E-state index in [0.29, 0.717) is 26.2 Å². The van der Waals surface area contributed by atoms with E-state index >= 15 is 0 Å². The highest BCUT2D eigenvalue weighted by Gasteiger charge is 2.27. The van der Waals surface area contributed by atoms with Crippen molar-refractivity contribution in [2.24, 2.45) is 11.7 Å². The number of carbonyl (C=O) groups excluding carboxylic acids is 2. The second-order valence-corrected chi connectivity index (χ2v) is 6.31. The van der Waals surface area contributed by atoms with Crippen molar-refractivity contribution in [2.75, 3.05) is 13.1 Å². The number of primary amides is 1. The zero-order valence-electron chi connectivity index (χ0n) is 14.1. The molecule has 1 aliphatic rings. The molecule has 3 N–H and O–H groups in total. The minimum atomic E-state index is -0.456. The van der Waals surface area contributed by atoms with Crippen molar-refractivity contribution < 1.29 is 9.59 Å². The van der Waals surface area contributed by atoms with Gasteiger partial charge >= 0.3 is 6.03 Å². The number of likely N-dealkylation sites (tertiary alicyclic amines) is 1. The number of carbonyl (C=O) groups is 2. The van der Waals surface area contributed by atoms with Crippen LogP contribution in [-0.4, -0.2) is 39.7 Å². The molecular weight excluding hydrogens is 318 g/mol. The molecule has 0 aliphatic carbocycles. The van der Waals surface area contributed by atoms with Crippen molar-refractivity contribution in [1.82, 2.24) is 20.0 Å². The zero-order valence-corrected chi connectivity index (χ0v) is 14.1. The summed E-state index contributed by atoms with van der Waals surface area (Å²) in [5.74, 6) is -0.223. The number of aromatic nitrogens is 2. The Morgan fingerprint density at radius 3 is 2.76 bits per heavy atom. The maximum atomic E-state index is 12.5. The highest BCUT2D eigenvalue weighted by atomic mass is 16.2. The predicted octanol–water partition coefficient (Wildman–Crippen LogP) is 1.34. The molecule has 1 fully saturated rings. The van der Waals surface area contributed by atoms with Gasteiger partial charge in [0.05, 0.1) is 12.5 Å². The van der Waals surface area contributed by atoms with Crippen molar-refractivity contribution in [1.29, 1.82) is 0 Å². The maximum absolute atomic E-state index is 12.5. The van der Waals surface area contributed by atoms with Crippen molar-refractivity contribution in [3.05, 3.63) is 53.9 Å². The van der Waals surface area contributed by atoms with Gasteiger partial charge in [-0.05, 0) is 30.0 Å². The van der Waals surface area contributed by atoms with Crippen LogP contribution in [0, 0.1) is 5.92 Å². The molecule has 132 valence electrons. The third-order valence-electron chi connectivity index (χ3n) is 4.57. The smallest absolute Gasteiger partial charge is 0.314 e. The summed E-state index contributed by atoms with van der Waals surface area (Å²) in [6, 6.07) is 9.42. The number of benzene rings is 1. The highest BCUT2D eigenvalue weighted by Crippen LogP contribution is 2.17. The van der Waals surface area contributed by atoms with Gasteiger partial charge in [-0.2, -0.15) is 5.10 Å². The average Bonchev–Trinajstić information content (AvgIpc) is 3.14. The third kappa shape index (κ3) is 4.37. The molecule has 2 heterocycles. The molecule has 1 aliphatic heterocycles. The van der Waals surface area contributed by atoms with Gasteiger partial charge in [0, 0.05) is 32.0 Å². The number of nitrogens with zero attached hydrogens (tertiary/aromatic N) is 3. The molecule has 7 heteroatoms. The second-order valence-electron chi connectivity index (χ2n) is 6.31. The van der Waals surface area contributed by atoms with E-state index in [2.05, 4.69) is 10.4 Å². The predicted molar refractivity (Wildman–Crippen MR) is 93.5 cm³/mol. The van der Waals surface area contributed by atoms with E-state index in [-0.39, 0.29) is 11.8 Å². The molecule has 1 aromatic carbocycles. The van der Waals surface area contributed by atoms with Crippen LogP contribution in [0.25, 0.3) is 0 Å². The van der Waals surface area contributed by atoms with E-state index in [9.17, 15) is 9.59 Å². The number of hydrogen-bond donors (Lipinski definition) is 2. The molecule has 2 aromatic rings. The van der Waals surface area contributed by atoms with E-state index in [0.717, 1.165) is 24.0 Å². The third-order valence-corrected chi connectivity index (χ3v) is 4.57. The number of amides is 3. The van der Waals surface area contributed by atoms with Gasteiger partial charge in [-0.1, -0.05) is 24.3 Å². The number of nitrogens with one attached hydrogen (secondary N) is 1. The van der Waals surface area contributed by atoms with Crippen LogP contribution >= 0.6 is 0 Å². The maximum Gasteiger partial charge on any atom is 0.314 e. The first kappa shape index (κ1) is 17.0. The van der Waals surface area contributed by atoms with Gasteiger partial charge in [0.1, 0.15) is 0 Å². The Kier molecular flexibility index (Phi) is 5.33. The minimum absolute atomic E-state index is 0.0279. The van der Waals surface area contributed by atoms with Crippen LogP contribution in [0.5, 0.6) is 0 Å². The number of piperidine rings is 1. The van der Waals surface area contributed by atoms with Crippen LogP contribution in [0.15, 0.2) is 42.7 Å². The lowest BCUT2D eigenvalue weighted by Crippen LogP contribution is -2.47. The van der Waals surface area contributed by atoms with Crippen molar-refractivity contribution in [2.45, 2.75) is 25.9 Å². The lowest BCUT2D eigenvalue weighted by atomic mass is 9.97. The standard InChI is InChI=1S/C18H23N5O2/c19-18(25)22-9-3-7-16(12-22)17(24)20-11-14-5-1-2-6-15(14)13-23-10-4-8-21-23/h1-2,4-6,8,10,16H,3,7,9,11-13H2,(H2,19,25)(H,20,24). The summed E-state index contributed by atoms with van der Waals surface area (Å²) < 4.78 is 1.85. The van der Waals surface area contributed by atoms with Crippen molar-refractivity contribution >= 4 is 11.9 Å². The van der Waals surface area contributed by atoms with Crippen molar-refractivity contribution in [3.8, 4) is 0 Å². The average molecular weight is 341 g/mol. The lowest BCUT2D eigenvalue weighted by Gasteiger charge is -2.30. The molecule has 1 atom stereocenters. The molecule has 1 aromatic heterocycles. The summed E-state index contributed by atoms with van der Waals surface area (Å²) in [4.78, 5) is 25.3. The van der Waals surface area contributed by atoms with E-state index < -0.39 is 6.03 Å². The molecule has 3 rings (SSSR count). The summed E-state index contributed by atoms with van der Waals surface area (Å²) in [6.45, 7) is 2.16. The monoisotopic (exact) mass is 341 g/mol. The summed E-state index contributed by atoms with van der Waals surface area (Å²) in [5.41, 5.74) is 7.51. The Labute approximate surface area is 146 Å². The Morgan fingerprint density at radius 2 is 2.04 bits per heavy atom. The number of urea groups is 1. The Morgan fingerprint density at radius 1 is 1.24 bits per heavy atom. The molecule has 1 unspecified atom stereocenters. The molecule has 0 saturated carbocycles. The SMILES string of the molecule is NC(=O)N1CCCC(C(=O)NCc2ccccc2Cn2cccn2)C1. The van der Waals surface area contributed by atoms with Gasteiger partial charge in [0.25, 0.3) is 0 Å². The van der Waals surface area contributed by atoms with E-state index in [4.69, 9.17) is 5.73 Å². The van der Waals surface area contributed by atoms with E-state index in [1.807, 2.05) is 41.2 Å². The number of rotatable bonds is 5. The normalized spacial score (nSPS) is 17.3. The van der Waals surface area contributed by atoms with Gasteiger partial charge < -0.3 is 16.0 Å². The van der Waals surface area contributed by atoms with Gasteiger partial charge in [0.2, 0.25) is 5.91 Å². The lowest BCUT2D eigenvalue weighted by molar-refractivity contribution is -0.126. The summed E-state index contributed by atoms with van der Waals surface area (Å²) in [7, 11) is 0. The summed E-state index contributed by atoms with van der Waals surface area (Å²) >= 11 is 0.